The number of carbonyl (C=O) groups excluding carboxylic acids is 1. The Morgan fingerprint density at radius 2 is 1.80 bits per heavy atom. The van der Waals surface area contributed by atoms with Crippen molar-refractivity contribution in [1.82, 2.24) is 19.4 Å². The first-order valence-corrected chi connectivity index (χ1v) is 11.7. The molecule has 1 N–H and O–H groups in total. The molecule has 9 heteroatoms. The van der Waals surface area contributed by atoms with Crippen LogP contribution < -0.4 is 21.5 Å². The molecule has 0 bridgehead atoms. The Balaban J connectivity index is 1.71. The first-order chi connectivity index (χ1) is 14.6. The van der Waals surface area contributed by atoms with Crippen molar-refractivity contribution in [2.24, 2.45) is 0 Å². The summed E-state index contributed by atoms with van der Waals surface area (Å²) in [5.41, 5.74) is -0.559. The van der Waals surface area contributed by atoms with E-state index in [0.717, 1.165) is 61.3 Å². The van der Waals surface area contributed by atoms with Gasteiger partial charge in [0.2, 0.25) is 5.91 Å². The van der Waals surface area contributed by atoms with Crippen LogP contribution in [0, 0.1) is 0 Å². The lowest BCUT2D eigenvalue weighted by Gasteiger charge is -2.25. The maximum Gasteiger partial charge on any atom is 0.333 e. The molecule has 2 aromatic rings. The van der Waals surface area contributed by atoms with Crippen molar-refractivity contribution in [3.63, 3.8) is 0 Å². The number of fused-ring (bicyclic) bond motifs is 1. The molecule has 30 heavy (non-hydrogen) atoms. The quantitative estimate of drug-likeness (QED) is 0.709. The Hall–Kier alpha value is -2.42. The van der Waals surface area contributed by atoms with E-state index < -0.39 is 5.69 Å². The largest absolute Gasteiger partial charge is 0.352 e. The molecular formula is C21H29N5O3S. The molecule has 2 aromatic heterocycles. The number of hydrogen-bond acceptors (Lipinski definition) is 6. The number of piperidine rings is 1. The summed E-state index contributed by atoms with van der Waals surface area (Å²) in [7, 11) is 0. The van der Waals surface area contributed by atoms with Crippen LogP contribution in [0.2, 0.25) is 0 Å². The van der Waals surface area contributed by atoms with E-state index in [0.29, 0.717) is 10.3 Å². The van der Waals surface area contributed by atoms with E-state index in [4.69, 9.17) is 0 Å². The molecule has 162 valence electrons. The molecule has 2 fully saturated rings. The van der Waals surface area contributed by atoms with Crippen LogP contribution in [0.5, 0.6) is 0 Å². The van der Waals surface area contributed by atoms with Gasteiger partial charge in [-0.05, 0) is 32.1 Å². The fourth-order valence-corrected chi connectivity index (χ4v) is 5.46. The number of amides is 1. The smallest absolute Gasteiger partial charge is 0.333 e. The molecule has 3 heterocycles. The van der Waals surface area contributed by atoms with Crippen LogP contribution in [0.25, 0.3) is 10.3 Å². The number of carbonyl (C=O) groups is 1. The average molecular weight is 432 g/mol. The molecule has 0 aromatic carbocycles. The summed E-state index contributed by atoms with van der Waals surface area (Å²) in [4.78, 5) is 45.5. The molecule has 0 atom stereocenters. The number of thiazole rings is 1. The molecule has 2 aliphatic rings. The Bertz CT molecular complexity index is 1040. The molecule has 0 unspecified atom stereocenters. The first kappa shape index (κ1) is 20.8. The van der Waals surface area contributed by atoms with Crippen LogP contribution in [-0.4, -0.2) is 39.2 Å². The molecule has 0 spiro atoms. The van der Waals surface area contributed by atoms with Crippen molar-refractivity contribution in [1.29, 1.82) is 0 Å². The highest BCUT2D eigenvalue weighted by atomic mass is 32.1. The van der Waals surface area contributed by atoms with Gasteiger partial charge in [0.05, 0.1) is 0 Å². The van der Waals surface area contributed by atoms with Crippen LogP contribution in [0.3, 0.4) is 0 Å². The van der Waals surface area contributed by atoms with Crippen molar-refractivity contribution in [3.05, 3.63) is 33.5 Å². The van der Waals surface area contributed by atoms with E-state index in [1.54, 1.807) is 0 Å². The van der Waals surface area contributed by atoms with Gasteiger partial charge < -0.3 is 10.2 Å². The van der Waals surface area contributed by atoms with Gasteiger partial charge in [-0.25, -0.2) is 9.78 Å². The van der Waals surface area contributed by atoms with Gasteiger partial charge in [0.25, 0.3) is 5.56 Å². The van der Waals surface area contributed by atoms with Crippen LogP contribution in [0.4, 0.5) is 5.13 Å². The average Bonchev–Trinajstić information content (AvgIpc) is 3.21. The lowest BCUT2D eigenvalue weighted by atomic mass is 9.95. The molecule has 4 rings (SSSR count). The molecule has 1 saturated heterocycles. The van der Waals surface area contributed by atoms with Crippen molar-refractivity contribution in [2.75, 3.05) is 18.0 Å². The number of allylic oxidation sites excluding steroid dienone is 1. The summed E-state index contributed by atoms with van der Waals surface area (Å²) in [6.07, 6.45) is 10.3. The maximum absolute atomic E-state index is 13.1. The standard InChI is InChI=1S/C21H29N5O3S/c1-2-11-25-19(28)17-18(23-20(30-17)24-12-7-4-8-13-24)26(21(25)29)14-16(27)22-15-9-5-3-6-10-15/h2,15H,1,3-14H2,(H,22,27). The SMILES string of the molecule is C=CCn1c(=O)c2sc(N3CCCCC3)nc2n(CC(=O)NC2CCCCC2)c1=O. The summed E-state index contributed by atoms with van der Waals surface area (Å²) in [5.74, 6) is -0.207. The number of aromatic nitrogens is 3. The van der Waals surface area contributed by atoms with Gasteiger partial charge in [-0.3, -0.25) is 18.7 Å². The third kappa shape index (κ3) is 4.21. The second-order valence-electron chi connectivity index (χ2n) is 8.17. The van der Waals surface area contributed by atoms with E-state index in [9.17, 15) is 14.4 Å². The number of nitrogens with one attached hydrogen (secondary N) is 1. The summed E-state index contributed by atoms with van der Waals surface area (Å²) < 4.78 is 2.91. The number of anilines is 1. The maximum atomic E-state index is 13.1. The Morgan fingerprint density at radius 3 is 2.50 bits per heavy atom. The van der Waals surface area contributed by atoms with Gasteiger partial charge in [-0.15, -0.1) is 6.58 Å². The van der Waals surface area contributed by atoms with Crippen molar-refractivity contribution in [3.8, 4) is 0 Å². The van der Waals surface area contributed by atoms with Gasteiger partial charge in [0.15, 0.2) is 10.8 Å². The topological polar surface area (TPSA) is 89.2 Å². The summed E-state index contributed by atoms with van der Waals surface area (Å²) >= 11 is 1.31. The van der Waals surface area contributed by atoms with Gasteiger partial charge >= 0.3 is 5.69 Å². The highest BCUT2D eigenvalue weighted by Crippen LogP contribution is 2.28. The Morgan fingerprint density at radius 1 is 1.10 bits per heavy atom. The summed E-state index contributed by atoms with van der Waals surface area (Å²) in [6.45, 7) is 5.42. The van der Waals surface area contributed by atoms with Gasteiger partial charge in [-0.2, -0.15) is 0 Å². The molecular weight excluding hydrogens is 402 g/mol. The second-order valence-corrected chi connectivity index (χ2v) is 9.15. The van der Waals surface area contributed by atoms with E-state index >= 15 is 0 Å². The molecule has 1 amide bonds. The monoisotopic (exact) mass is 431 g/mol. The predicted octanol–water partition coefficient (Wildman–Crippen LogP) is 2.24. The molecule has 1 aliphatic carbocycles. The van der Waals surface area contributed by atoms with E-state index in [1.165, 1.54) is 34.8 Å². The van der Waals surface area contributed by atoms with E-state index in [-0.39, 0.29) is 30.6 Å². The van der Waals surface area contributed by atoms with Crippen LogP contribution in [0.1, 0.15) is 51.4 Å². The third-order valence-corrected chi connectivity index (χ3v) is 7.06. The number of hydrogen-bond donors (Lipinski definition) is 1. The zero-order valence-electron chi connectivity index (χ0n) is 17.3. The van der Waals surface area contributed by atoms with Crippen molar-refractivity contribution in [2.45, 2.75) is 70.5 Å². The highest BCUT2D eigenvalue weighted by Gasteiger charge is 2.23. The van der Waals surface area contributed by atoms with Crippen LogP contribution >= 0.6 is 11.3 Å². The molecule has 8 nitrogen and oxygen atoms in total. The zero-order chi connectivity index (χ0) is 21.1. The minimum Gasteiger partial charge on any atom is -0.352 e. The lowest BCUT2D eigenvalue weighted by molar-refractivity contribution is -0.122. The fourth-order valence-electron chi connectivity index (χ4n) is 4.39. The molecule has 0 radical (unpaired) electrons. The summed E-state index contributed by atoms with van der Waals surface area (Å²) in [6, 6.07) is 0.163. The normalized spacial score (nSPS) is 17.9. The highest BCUT2D eigenvalue weighted by molar-refractivity contribution is 7.22. The minimum atomic E-state index is -0.512. The predicted molar refractivity (Wildman–Crippen MR) is 119 cm³/mol. The van der Waals surface area contributed by atoms with E-state index in [1.807, 2.05) is 0 Å². The third-order valence-electron chi connectivity index (χ3n) is 5.97. The van der Waals surface area contributed by atoms with Gasteiger partial charge in [0.1, 0.15) is 11.2 Å². The molecule has 1 aliphatic heterocycles. The van der Waals surface area contributed by atoms with Crippen LogP contribution in [0.15, 0.2) is 22.2 Å². The minimum absolute atomic E-state index is 0.106. The van der Waals surface area contributed by atoms with Gasteiger partial charge in [0, 0.05) is 25.7 Å². The number of nitrogens with zero attached hydrogens (tertiary/aromatic N) is 4. The summed E-state index contributed by atoms with van der Waals surface area (Å²) in [5, 5.41) is 3.80. The van der Waals surface area contributed by atoms with E-state index in [2.05, 4.69) is 21.8 Å². The van der Waals surface area contributed by atoms with Crippen molar-refractivity contribution >= 4 is 32.7 Å². The number of rotatable bonds is 6. The lowest BCUT2D eigenvalue weighted by Crippen LogP contribution is -2.44. The fraction of sp³-hybridized carbons (Fsp3) is 0.619. The van der Waals surface area contributed by atoms with Gasteiger partial charge in [-0.1, -0.05) is 36.7 Å². The Labute approximate surface area is 179 Å². The molecule has 1 saturated carbocycles. The Kier molecular flexibility index (Phi) is 6.36. The zero-order valence-corrected chi connectivity index (χ0v) is 18.1. The van der Waals surface area contributed by atoms with Crippen molar-refractivity contribution < 1.29 is 4.79 Å². The van der Waals surface area contributed by atoms with Crippen LogP contribution in [-0.2, 0) is 17.9 Å². The second kappa shape index (κ2) is 9.16. The first-order valence-electron chi connectivity index (χ1n) is 10.9.